The Morgan fingerprint density at radius 1 is 1.08 bits per heavy atom. The molecule has 0 saturated heterocycles. The van der Waals surface area contributed by atoms with Crippen LogP contribution in [0.5, 0.6) is 0 Å². The summed E-state index contributed by atoms with van der Waals surface area (Å²) in [6, 6.07) is 11.1. The number of nitrogens with one attached hydrogen (secondary N) is 1. The molecule has 1 heterocycles. The Bertz CT molecular complexity index is 741. The highest BCUT2D eigenvalue weighted by Gasteiger charge is 2.29. The minimum absolute atomic E-state index is 0.0117. The van der Waals surface area contributed by atoms with Crippen molar-refractivity contribution < 1.29 is 9.59 Å². The first-order valence-corrected chi connectivity index (χ1v) is 8.04. The number of aryl methyl sites for hydroxylation is 1. The predicted octanol–water partition coefficient (Wildman–Crippen LogP) is 1.84. The minimum Gasteiger partial charge on any atom is -0.369 e. The molecule has 0 bridgehead atoms. The highest BCUT2D eigenvalue weighted by molar-refractivity contribution is 5.95. The monoisotopic (exact) mass is 324 g/mol. The van der Waals surface area contributed by atoms with E-state index in [2.05, 4.69) is 15.5 Å². The molecule has 124 valence electrons. The highest BCUT2D eigenvalue weighted by Crippen LogP contribution is 2.25. The number of hydrogen-bond acceptors (Lipinski definition) is 4. The van der Waals surface area contributed by atoms with Gasteiger partial charge in [0.2, 0.25) is 5.91 Å². The van der Waals surface area contributed by atoms with Gasteiger partial charge in [-0.3, -0.25) is 9.59 Å². The van der Waals surface area contributed by atoms with Crippen LogP contribution in [0, 0.1) is 12.8 Å². The number of rotatable bonds is 4. The number of nitrogens with zero attached hydrogens (tertiary/aromatic N) is 2. The van der Waals surface area contributed by atoms with Crippen molar-refractivity contribution in [3.05, 3.63) is 47.7 Å². The molecule has 24 heavy (non-hydrogen) atoms. The van der Waals surface area contributed by atoms with E-state index < -0.39 is 0 Å². The van der Waals surface area contributed by atoms with Gasteiger partial charge in [0, 0.05) is 23.1 Å². The zero-order valence-electron chi connectivity index (χ0n) is 13.5. The summed E-state index contributed by atoms with van der Waals surface area (Å²) in [5, 5.41) is 11.1. The second-order valence-corrected chi connectivity index (χ2v) is 6.22. The molecule has 1 aliphatic carbocycles. The van der Waals surface area contributed by atoms with Gasteiger partial charge in [0.15, 0.2) is 0 Å². The summed E-state index contributed by atoms with van der Waals surface area (Å²) < 4.78 is 0. The van der Waals surface area contributed by atoms with Crippen LogP contribution in [0.25, 0.3) is 11.3 Å². The summed E-state index contributed by atoms with van der Waals surface area (Å²) in [6.07, 6.45) is 2.15. The number of nitrogens with two attached hydrogens (primary N) is 1. The van der Waals surface area contributed by atoms with Crippen molar-refractivity contribution in [2.45, 2.75) is 32.2 Å². The minimum atomic E-state index is -0.282. The molecule has 2 atom stereocenters. The standard InChI is InChI=1S/C18H20N4O2/c1-11-2-9-16(22-21-11)12-3-5-13(6-4-12)18(24)20-15-8-7-14(10-15)17(19)23/h2-6,9,14-15H,7-8,10H2,1H3,(H2,19,23)(H,20,24)/t14-,15+/m0/s1. The number of aromatic nitrogens is 2. The van der Waals surface area contributed by atoms with Gasteiger partial charge in [-0.15, -0.1) is 0 Å². The first kappa shape index (κ1) is 16.1. The molecule has 0 unspecified atom stereocenters. The third-order valence-corrected chi connectivity index (χ3v) is 4.41. The van der Waals surface area contributed by atoms with Crippen molar-refractivity contribution in [3.63, 3.8) is 0 Å². The number of benzene rings is 1. The Hall–Kier alpha value is -2.76. The first-order valence-electron chi connectivity index (χ1n) is 8.04. The summed E-state index contributed by atoms with van der Waals surface area (Å²) in [4.78, 5) is 23.5. The van der Waals surface area contributed by atoms with Gasteiger partial charge in [-0.2, -0.15) is 10.2 Å². The molecule has 2 aromatic rings. The lowest BCUT2D eigenvalue weighted by Gasteiger charge is -2.13. The van der Waals surface area contributed by atoms with Gasteiger partial charge in [-0.25, -0.2) is 0 Å². The van der Waals surface area contributed by atoms with Crippen LogP contribution in [0.4, 0.5) is 0 Å². The van der Waals surface area contributed by atoms with Crippen LogP contribution >= 0.6 is 0 Å². The Balaban J connectivity index is 1.64. The zero-order chi connectivity index (χ0) is 17.1. The van der Waals surface area contributed by atoms with E-state index >= 15 is 0 Å². The van der Waals surface area contributed by atoms with Crippen LogP contribution in [-0.4, -0.2) is 28.1 Å². The Morgan fingerprint density at radius 2 is 1.83 bits per heavy atom. The van der Waals surface area contributed by atoms with Crippen LogP contribution in [0.2, 0.25) is 0 Å². The van der Waals surface area contributed by atoms with Crippen molar-refractivity contribution >= 4 is 11.8 Å². The second-order valence-electron chi connectivity index (χ2n) is 6.22. The fourth-order valence-electron chi connectivity index (χ4n) is 2.99. The number of primary amides is 1. The van der Waals surface area contributed by atoms with Crippen molar-refractivity contribution in [1.82, 2.24) is 15.5 Å². The van der Waals surface area contributed by atoms with E-state index in [0.29, 0.717) is 12.0 Å². The average Bonchev–Trinajstić information content (AvgIpc) is 3.04. The predicted molar refractivity (Wildman–Crippen MR) is 90.0 cm³/mol. The molecule has 0 aliphatic heterocycles. The van der Waals surface area contributed by atoms with E-state index in [-0.39, 0.29) is 23.8 Å². The summed E-state index contributed by atoms with van der Waals surface area (Å²) in [6.45, 7) is 1.88. The molecule has 3 rings (SSSR count). The van der Waals surface area contributed by atoms with Gasteiger partial charge < -0.3 is 11.1 Å². The Labute approximate surface area is 140 Å². The summed E-state index contributed by atoms with van der Waals surface area (Å²) in [5.41, 5.74) is 8.45. The molecular formula is C18H20N4O2. The number of hydrogen-bond donors (Lipinski definition) is 2. The van der Waals surface area contributed by atoms with Crippen molar-refractivity contribution in [2.75, 3.05) is 0 Å². The third-order valence-electron chi connectivity index (χ3n) is 4.41. The molecule has 1 aromatic heterocycles. The van der Waals surface area contributed by atoms with E-state index in [1.54, 1.807) is 12.1 Å². The zero-order valence-corrected chi connectivity index (χ0v) is 13.5. The van der Waals surface area contributed by atoms with E-state index in [1.807, 2.05) is 31.2 Å². The first-order chi connectivity index (χ1) is 11.5. The maximum absolute atomic E-state index is 12.3. The maximum atomic E-state index is 12.3. The highest BCUT2D eigenvalue weighted by atomic mass is 16.2. The van der Waals surface area contributed by atoms with E-state index in [0.717, 1.165) is 29.8 Å². The lowest BCUT2D eigenvalue weighted by atomic mass is 10.1. The average molecular weight is 324 g/mol. The topological polar surface area (TPSA) is 98.0 Å². The normalized spacial score (nSPS) is 19.9. The Kier molecular flexibility index (Phi) is 4.55. The number of carbonyl (C=O) groups is 2. The Morgan fingerprint density at radius 3 is 2.42 bits per heavy atom. The molecule has 1 aliphatic rings. The fourth-order valence-corrected chi connectivity index (χ4v) is 2.99. The van der Waals surface area contributed by atoms with E-state index in [4.69, 9.17) is 5.73 Å². The summed E-state index contributed by atoms with van der Waals surface area (Å²) in [7, 11) is 0. The quantitative estimate of drug-likeness (QED) is 0.896. The third kappa shape index (κ3) is 3.59. The summed E-state index contributed by atoms with van der Waals surface area (Å²) >= 11 is 0. The molecule has 1 saturated carbocycles. The van der Waals surface area contributed by atoms with Crippen LogP contribution in [0.15, 0.2) is 36.4 Å². The van der Waals surface area contributed by atoms with Crippen LogP contribution in [0.3, 0.4) is 0 Å². The van der Waals surface area contributed by atoms with Gasteiger partial charge in [0.25, 0.3) is 5.91 Å². The molecule has 2 amide bonds. The van der Waals surface area contributed by atoms with Gasteiger partial charge in [0.05, 0.1) is 11.4 Å². The van der Waals surface area contributed by atoms with Gasteiger partial charge in [-0.1, -0.05) is 12.1 Å². The largest absolute Gasteiger partial charge is 0.369 e. The van der Waals surface area contributed by atoms with Gasteiger partial charge in [-0.05, 0) is 50.5 Å². The lowest BCUT2D eigenvalue weighted by molar-refractivity contribution is -0.121. The van der Waals surface area contributed by atoms with Gasteiger partial charge >= 0.3 is 0 Å². The second kappa shape index (κ2) is 6.78. The van der Waals surface area contributed by atoms with Crippen LogP contribution in [-0.2, 0) is 4.79 Å². The number of carbonyl (C=O) groups excluding carboxylic acids is 2. The number of amides is 2. The van der Waals surface area contributed by atoms with E-state index in [1.165, 1.54) is 0 Å². The molecule has 6 nitrogen and oxygen atoms in total. The summed E-state index contributed by atoms with van der Waals surface area (Å²) in [5.74, 6) is -0.542. The molecule has 0 spiro atoms. The molecule has 1 fully saturated rings. The maximum Gasteiger partial charge on any atom is 0.251 e. The molecule has 1 aromatic carbocycles. The molecular weight excluding hydrogens is 304 g/mol. The smallest absolute Gasteiger partial charge is 0.251 e. The SMILES string of the molecule is Cc1ccc(-c2ccc(C(=O)N[C@@H]3CC[C@H](C(N)=O)C3)cc2)nn1. The van der Waals surface area contributed by atoms with Crippen molar-refractivity contribution in [3.8, 4) is 11.3 Å². The van der Waals surface area contributed by atoms with E-state index in [9.17, 15) is 9.59 Å². The molecule has 6 heteroatoms. The van der Waals surface area contributed by atoms with Gasteiger partial charge in [0.1, 0.15) is 0 Å². The lowest BCUT2D eigenvalue weighted by Crippen LogP contribution is -2.33. The molecule has 0 radical (unpaired) electrons. The van der Waals surface area contributed by atoms with Crippen molar-refractivity contribution in [2.24, 2.45) is 11.7 Å². The van der Waals surface area contributed by atoms with Crippen LogP contribution < -0.4 is 11.1 Å². The van der Waals surface area contributed by atoms with Crippen LogP contribution in [0.1, 0.15) is 35.3 Å². The molecule has 3 N–H and O–H groups in total. The fraction of sp³-hybridized carbons (Fsp3) is 0.333. The van der Waals surface area contributed by atoms with Crippen molar-refractivity contribution in [1.29, 1.82) is 0 Å².